The highest BCUT2D eigenvalue weighted by molar-refractivity contribution is 5.04. The molecule has 0 N–H and O–H groups in total. The molecule has 130 valence electrons. The van der Waals surface area contributed by atoms with Gasteiger partial charge >= 0.3 is 0 Å². The molecule has 0 heteroatoms. The van der Waals surface area contributed by atoms with Crippen molar-refractivity contribution in [2.45, 2.75) is 100 Å². The topological polar surface area (TPSA) is 0 Å². The maximum Gasteiger partial charge on any atom is -0.0266 e. The molecule has 0 heterocycles. The summed E-state index contributed by atoms with van der Waals surface area (Å²) in [6.07, 6.45) is 10.1. The van der Waals surface area contributed by atoms with Crippen molar-refractivity contribution in [1.82, 2.24) is 0 Å². The van der Waals surface area contributed by atoms with Crippen molar-refractivity contribution >= 4 is 0 Å². The van der Waals surface area contributed by atoms with E-state index in [9.17, 15) is 0 Å². The molecule has 0 aliphatic heterocycles. The van der Waals surface area contributed by atoms with Gasteiger partial charge in [0.1, 0.15) is 0 Å². The molecule has 0 saturated heterocycles. The summed E-state index contributed by atoms with van der Waals surface area (Å²) in [6.45, 7) is 20.1. The maximum atomic E-state index is 2.65. The van der Waals surface area contributed by atoms with Gasteiger partial charge in [0, 0.05) is 0 Å². The highest BCUT2D eigenvalue weighted by atomic mass is 14.6. The summed E-state index contributed by atoms with van der Waals surface area (Å²) in [5.41, 5.74) is 1.65. The van der Waals surface area contributed by atoms with E-state index < -0.39 is 0 Å². The molecular formula is C22H42. The molecule has 22 heavy (non-hydrogen) atoms. The molecule has 6 unspecified atom stereocenters. The van der Waals surface area contributed by atoms with Gasteiger partial charge < -0.3 is 0 Å². The van der Waals surface area contributed by atoms with Gasteiger partial charge in [-0.3, -0.25) is 0 Å². The van der Waals surface area contributed by atoms with Crippen molar-refractivity contribution in [3.05, 3.63) is 0 Å². The lowest BCUT2D eigenvalue weighted by molar-refractivity contribution is -0.120. The van der Waals surface area contributed by atoms with E-state index in [-0.39, 0.29) is 0 Å². The average Bonchev–Trinajstić information content (AvgIpc) is 2.39. The van der Waals surface area contributed by atoms with Crippen LogP contribution in [0.5, 0.6) is 0 Å². The van der Waals surface area contributed by atoms with Crippen molar-refractivity contribution < 1.29 is 0 Å². The van der Waals surface area contributed by atoms with E-state index in [1.807, 2.05) is 0 Å². The first-order chi connectivity index (χ1) is 10.0. The van der Waals surface area contributed by atoms with Gasteiger partial charge in [0.25, 0.3) is 0 Å². The third-order valence-corrected chi connectivity index (χ3v) is 7.94. The van der Waals surface area contributed by atoms with Gasteiger partial charge in [-0.2, -0.15) is 0 Å². The van der Waals surface area contributed by atoms with E-state index in [2.05, 4.69) is 55.4 Å². The molecule has 2 fully saturated rings. The predicted molar refractivity (Wildman–Crippen MR) is 99.0 cm³/mol. The first-order valence-corrected chi connectivity index (χ1v) is 10.0. The van der Waals surface area contributed by atoms with Crippen LogP contribution in [0.3, 0.4) is 0 Å². The minimum Gasteiger partial charge on any atom is -0.0654 e. The van der Waals surface area contributed by atoms with Crippen LogP contribution in [0.15, 0.2) is 0 Å². The van der Waals surface area contributed by atoms with E-state index in [1.165, 1.54) is 44.9 Å². The van der Waals surface area contributed by atoms with Crippen LogP contribution in [0.1, 0.15) is 100 Å². The van der Waals surface area contributed by atoms with Crippen LogP contribution in [0.2, 0.25) is 0 Å². The van der Waals surface area contributed by atoms with E-state index in [0.717, 1.165) is 23.7 Å². The fraction of sp³-hybridized carbons (Fsp3) is 1.00. The van der Waals surface area contributed by atoms with Crippen LogP contribution >= 0.6 is 0 Å². The lowest BCUT2D eigenvalue weighted by Gasteiger charge is -2.61. The summed E-state index contributed by atoms with van der Waals surface area (Å²) < 4.78 is 0. The Morgan fingerprint density at radius 3 is 2.18 bits per heavy atom. The zero-order chi connectivity index (χ0) is 16.8. The summed E-state index contributed by atoms with van der Waals surface area (Å²) >= 11 is 0. The SMILES string of the molecule is CCCC1(C)CCC2(C)C(C)C(C)CCC2C1CC(C)(C)C. The Bertz CT molecular complexity index is 376. The van der Waals surface area contributed by atoms with Crippen LogP contribution in [0.25, 0.3) is 0 Å². The first-order valence-electron chi connectivity index (χ1n) is 10.0. The number of rotatable bonds is 3. The summed E-state index contributed by atoms with van der Waals surface area (Å²) in [5.74, 6) is 3.72. The molecule has 0 bridgehead atoms. The van der Waals surface area contributed by atoms with Crippen molar-refractivity contribution in [3.63, 3.8) is 0 Å². The quantitative estimate of drug-likeness (QED) is 0.512. The number of fused-ring (bicyclic) bond motifs is 1. The normalized spacial score (nSPS) is 46.4. The molecule has 0 aromatic carbocycles. The van der Waals surface area contributed by atoms with Gasteiger partial charge in [-0.25, -0.2) is 0 Å². The zero-order valence-electron chi connectivity index (χ0n) is 16.8. The van der Waals surface area contributed by atoms with Gasteiger partial charge in [-0.05, 0) is 72.0 Å². The second kappa shape index (κ2) is 6.14. The summed E-state index contributed by atoms with van der Waals surface area (Å²) in [5, 5.41) is 0. The minimum atomic E-state index is 0.463. The van der Waals surface area contributed by atoms with E-state index >= 15 is 0 Å². The smallest absolute Gasteiger partial charge is 0.0266 e. The third-order valence-electron chi connectivity index (χ3n) is 7.94. The Hall–Kier alpha value is 0. The lowest BCUT2D eigenvalue weighted by atomic mass is 9.44. The molecule has 0 spiro atoms. The Morgan fingerprint density at radius 1 is 1.00 bits per heavy atom. The molecule has 2 rings (SSSR count). The van der Waals surface area contributed by atoms with Gasteiger partial charge in [0.15, 0.2) is 0 Å². The first kappa shape index (κ1) is 18.3. The molecule has 0 aromatic heterocycles. The largest absolute Gasteiger partial charge is 0.0654 e. The van der Waals surface area contributed by atoms with Crippen LogP contribution < -0.4 is 0 Å². The Labute approximate surface area is 140 Å². The molecule has 6 atom stereocenters. The molecule has 2 aliphatic rings. The van der Waals surface area contributed by atoms with Crippen molar-refractivity contribution in [1.29, 1.82) is 0 Å². The summed E-state index contributed by atoms with van der Waals surface area (Å²) in [4.78, 5) is 0. The molecule has 0 radical (unpaired) electrons. The van der Waals surface area contributed by atoms with Crippen molar-refractivity contribution in [2.75, 3.05) is 0 Å². The van der Waals surface area contributed by atoms with Crippen LogP contribution in [-0.2, 0) is 0 Å². The molecule has 0 nitrogen and oxygen atoms in total. The van der Waals surface area contributed by atoms with Crippen LogP contribution in [-0.4, -0.2) is 0 Å². The summed E-state index contributed by atoms with van der Waals surface area (Å²) in [7, 11) is 0. The van der Waals surface area contributed by atoms with Gasteiger partial charge in [-0.1, -0.05) is 68.2 Å². The second-order valence-electron chi connectivity index (χ2n) is 10.7. The standard InChI is InChI=1S/C22H42/c1-9-12-21(7)13-14-22(8)17(3)16(2)10-11-18(22)19(21)15-20(4,5)6/h16-19H,9-15H2,1-8H3. The monoisotopic (exact) mass is 306 g/mol. The van der Waals surface area contributed by atoms with Crippen LogP contribution in [0, 0.1) is 39.9 Å². The van der Waals surface area contributed by atoms with Gasteiger partial charge in [-0.15, -0.1) is 0 Å². The lowest BCUT2D eigenvalue weighted by Crippen LogP contribution is -2.53. The fourth-order valence-electron chi connectivity index (χ4n) is 6.24. The van der Waals surface area contributed by atoms with Crippen LogP contribution in [0.4, 0.5) is 0 Å². The van der Waals surface area contributed by atoms with Gasteiger partial charge in [0.05, 0.1) is 0 Å². The summed E-state index contributed by atoms with van der Waals surface area (Å²) in [6, 6.07) is 0. The molecular weight excluding hydrogens is 264 g/mol. The van der Waals surface area contributed by atoms with Gasteiger partial charge in [0.2, 0.25) is 0 Å². The molecule has 2 saturated carbocycles. The van der Waals surface area contributed by atoms with Crippen molar-refractivity contribution in [2.24, 2.45) is 39.9 Å². The zero-order valence-corrected chi connectivity index (χ0v) is 16.8. The minimum absolute atomic E-state index is 0.463. The highest BCUT2D eigenvalue weighted by Gasteiger charge is 2.55. The predicted octanol–water partition coefficient (Wildman–Crippen LogP) is 7.33. The highest BCUT2D eigenvalue weighted by Crippen LogP contribution is 2.64. The Balaban J connectivity index is 2.35. The van der Waals surface area contributed by atoms with Crippen molar-refractivity contribution in [3.8, 4) is 0 Å². The Morgan fingerprint density at radius 2 is 1.64 bits per heavy atom. The molecule has 0 aromatic rings. The third kappa shape index (κ3) is 3.27. The maximum absolute atomic E-state index is 2.65. The van der Waals surface area contributed by atoms with E-state index in [4.69, 9.17) is 0 Å². The Kier molecular flexibility index (Phi) is 5.12. The number of hydrogen-bond donors (Lipinski definition) is 0. The average molecular weight is 307 g/mol. The second-order valence-corrected chi connectivity index (χ2v) is 10.7. The molecule has 2 aliphatic carbocycles. The van der Waals surface area contributed by atoms with E-state index in [0.29, 0.717) is 16.2 Å². The molecule has 0 amide bonds. The fourth-order valence-corrected chi connectivity index (χ4v) is 6.24. The number of hydrogen-bond acceptors (Lipinski definition) is 0. The van der Waals surface area contributed by atoms with E-state index in [1.54, 1.807) is 0 Å².